The molecule has 150 valence electrons. The number of fused-ring (bicyclic) bond motifs is 2. The van der Waals surface area contributed by atoms with Gasteiger partial charge >= 0.3 is 11.6 Å². The molecule has 0 saturated heterocycles. The van der Waals surface area contributed by atoms with Crippen LogP contribution < -0.4 is 10.4 Å². The number of hydrogen-bond acceptors (Lipinski definition) is 6. The summed E-state index contributed by atoms with van der Waals surface area (Å²) >= 11 is 0. The molecule has 1 aromatic carbocycles. The molecule has 3 rings (SSSR count). The molecular formula is C22H26O6. The summed E-state index contributed by atoms with van der Waals surface area (Å²) in [6.45, 7) is 3.00. The molecule has 0 bridgehead atoms. The first-order valence-electron chi connectivity index (χ1n) is 9.91. The first kappa shape index (κ1) is 20.0. The van der Waals surface area contributed by atoms with Crippen molar-refractivity contribution in [2.24, 2.45) is 0 Å². The van der Waals surface area contributed by atoms with Crippen molar-refractivity contribution in [3.05, 3.63) is 40.9 Å². The zero-order chi connectivity index (χ0) is 19.8. The van der Waals surface area contributed by atoms with Crippen LogP contribution in [0.5, 0.6) is 5.75 Å². The lowest BCUT2D eigenvalue weighted by Gasteiger charge is -2.09. The van der Waals surface area contributed by atoms with E-state index in [0.717, 1.165) is 49.3 Å². The summed E-state index contributed by atoms with van der Waals surface area (Å²) in [5.41, 5.74) is 0.544. The van der Waals surface area contributed by atoms with Crippen molar-refractivity contribution in [2.75, 3.05) is 13.2 Å². The number of hydrogen-bond donors (Lipinski definition) is 0. The summed E-state index contributed by atoms with van der Waals surface area (Å²) in [5.74, 6) is 0.341. The second-order valence-electron chi connectivity index (χ2n) is 6.80. The van der Waals surface area contributed by atoms with Crippen molar-refractivity contribution in [3.63, 3.8) is 0 Å². The number of furan rings is 1. The van der Waals surface area contributed by atoms with Crippen molar-refractivity contribution in [1.29, 1.82) is 0 Å². The van der Waals surface area contributed by atoms with Crippen LogP contribution >= 0.6 is 0 Å². The standard InChI is InChI=1S/C22H26O6/c1-2-3-5-8-18(23)25-12-6-4-7-13-26-22-20-17(11-14-27-20)15-16-9-10-19(24)28-21(16)22/h9-11,14-15H,2-8,12-13H2,1H3. The van der Waals surface area contributed by atoms with Gasteiger partial charge in [0.15, 0.2) is 11.2 Å². The van der Waals surface area contributed by atoms with Crippen molar-refractivity contribution in [2.45, 2.75) is 51.9 Å². The van der Waals surface area contributed by atoms with Gasteiger partial charge in [-0.15, -0.1) is 0 Å². The van der Waals surface area contributed by atoms with Gasteiger partial charge in [-0.1, -0.05) is 19.8 Å². The van der Waals surface area contributed by atoms with Gasteiger partial charge in [-0.05, 0) is 43.9 Å². The van der Waals surface area contributed by atoms with Gasteiger partial charge in [-0.3, -0.25) is 4.79 Å². The number of benzene rings is 1. The van der Waals surface area contributed by atoms with Gasteiger partial charge in [-0.2, -0.15) is 0 Å². The largest absolute Gasteiger partial charge is 0.486 e. The molecule has 0 saturated carbocycles. The van der Waals surface area contributed by atoms with E-state index in [0.29, 0.717) is 36.6 Å². The Morgan fingerprint density at radius 2 is 1.79 bits per heavy atom. The van der Waals surface area contributed by atoms with E-state index in [4.69, 9.17) is 18.3 Å². The van der Waals surface area contributed by atoms with Crippen LogP contribution in [0, 0.1) is 0 Å². The van der Waals surface area contributed by atoms with Gasteiger partial charge in [0.1, 0.15) is 0 Å². The van der Waals surface area contributed by atoms with Crippen molar-refractivity contribution < 1.29 is 23.1 Å². The highest BCUT2D eigenvalue weighted by Gasteiger charge is 2.14. The summed E-state index contributed by atoms with van der Waals surface area (Å²) in [6.07, 6.45) is 7.60. The average Bonchev–Trinajstić information content (AvgIpc) is 3.15. The first-order valence-corrected chi connectivity index (χ1v) is 9.91. The third kappa shape index (κ3) is 5.15. The van der Waals surface area contributed by atoms with E-state index in [-0.39, 0.29) is 5.97 Å². The van der Waals surface area contributed by atoms with Crippen LogP contribution in [0.2, 0.25) is 0 Å². The van der Waals surface area contributed by atoms with Gasteiger partial charge in [-0.25, -0.2) is 4.79 Å². The SMILES string of the molecule is CCCCCC(=O)OCCCCCOc1c2occc2cc2ccc(=O)oc12. The first-order chi connectivity index (χ1) is 13.7. The van der Waals surface area contributed by atoms with Crippen LogP contribution in [0.15, 0.2) is 44.2 Å². The summed E-state index contributed by atoms with van der Waals surface area (Å²) in [4.78, 5) is 23.2. The second kappa shape index (κ2) is 9.97. The molecule has 0 aliphatic carbocycles. The van der Waals surface area contributed by atoms with E-state index >= 15 is 0 Å². The highest BCUT2D eigenvalue weighted by Crippen LogP contribution is 2.35. The Labute approximate surface area is 163 Å². The Bertz CT molecular complexity index is 968. The normalized spacial score (nSPS) is 11.2. The minimum Gasteiger partial charge on any atom is -0.486 e. The maximum Gasteiger partial charge on any atom is 0.336 e. The van der Waals surface area contributed by atoms with Gasteiger partial charge in [0.05, 0.1) is 19.5 Å². The third-order valence-electron chi connectivity index (χ3n) is 4.57. The predicted octanol–water partition coefficient (Wildman–Crippen LogP) is 5.21. The molecule has 0 fully saturated rings. The van der Waals surface area contributed by atoms with Crippen LogP contribution in [-0.4, -0.2) is 19.2 Å². The quantitative estimate of drug-likeness (QED) is 0.256. The molecule has 0 aliphatic heterocycles. The number of unbranched alkanes of at least 4 members (excludes halogenated alkanes) is 4. The zero-order valence-electron chi connectivity index (χ0n) is 16.2. The molecule has 0 unspecified atom stereocenters. The number of ether oxygens (including phenoxy) is 2. The number of rotatable bonds is 11. The van der Waals surface area contributed by atoms with Crippen molar-refractivity contribution >= 4 is 27.9 Å². The Hall–Kier alpha value is -2.76. The van der Waals surface area contributed by atoms with Gasteiger partial charge < -0.3 is 18.3 Å². The fourth-order valence-corrected chi connectivity index (χ4v) is 3.07. The van der Waals surface area contributed by atoms with Crippen LogP contribution in [-0.2, 0) is 9.53 Å². The summed E-state index contributed by atoms with van der Waals surface area (Å²) in [7, 11) is 0. The van der Waals surface area contributed by atoms with Crippen LogP contribution in [0.3, 0.4) is 0 Å². The molecule has 0 atom stereocenters. The topological polar surface area (TPSA) is 78.9 Å². The Balaban J connectivity index is 1.48. The van der Waals surface area contributed by atoms with E-state index in [1.807, 2.05) is 12.1 Å². The van der Waals surface area contributed by atoms with E-state index in [9.17, 15) is 9.59 Å². The number of esters is 1. The van der Waals surface area contributed by atoms with Crippen LogP contribution in [0.1, 0.15) is 51.9 Å². The lowest BCUT2D eigenvalue weighted by atomic mass is 10.1. The van der Waals surface area contributed by atoms with E-state index in [1.165, 1.54) is 6.07 Å². The summed E-state index contributed by atoms with van der Waals surface area (Å²) < 4.78 is 22.0. The fraction of sp³-hybridized carbons (Fsp3) is 0.455. The minimum absolute atomic E-state index is 0.115. The predicted molar refractivity (Wildman–Crippen MR) is 107 cm³/mol. The minimum atomic E-state index is -0.427. The smallest absolute Gasteiger partial charge is 0.336 e. The van der Waals surface area contributed by atoms with Gasteiger partial charge in [0, 0.05) is 23.3 Å². The molecule has 6 nitrogen and oxygen atoms in total. The summed E-state index contributed by atoms with van der Waals surface area (Å²) in [5, 5.41) is 1.69. The molecule has 0 N–H and O–H groups in total. The molecule has 0 amide bonds. The molecule has 2 heterocycles. The van der Waals surface area contributed by atoms with Gasteiger partial charge in [0.2, 0.25) is 5.75 Å². The molecule has 2 aromatic heterocycles. The molecular weight excluding hydrogens is 360 g/mol. The molecule has 6 heteroatoms. The molecule has 0 spiro atoms. The fourth-order valence-electron chi connectivity index (χ4n) is 3.07. The second-order valence-corrected chi connectivity index (χ2v) is 6.80. The highest BCUT2D eigenvalue weighted by molar-refractivity contribution is 5.99. The Morgan fingerprint density at radius 1 is 0.964 bits per heavy atom. The van der Waals surface area contributed by atoms with E-state index in [1.54, 1.807) is 12.3 Å². The lowest BCUT2D eigenvalue weighted by Crippen LogP contribution is -2.06. The Kier molecular flexibility index (Phi) is 7.12. The van der Waals surface area contributed by atoms with E-state index in [2.05, 4.69) is 6.92 Å². The van der Waals surface area contributed by atoms with Crippen LogP contribution in [0.4, 0.5) is 0 Å². The number of carbonyl (C=O) groups excluding carboxylic acids is 1. The highest BCUT2D eigenvalue weighted by atomic mass is 16.5. The van der Waals surface area contributed by atoms with Crippen LogP contribution in [0.25, 0.3) is 21.9 Å². The summed E-state index contributed by atoms with van der Waals surface area (Å²) in [6, 6.07) is 6.86. The third-order valence-corrected chi connectivity index (χ3v) is 4.57. The maximum absolute atomic E-state index is 11.6. The molecule has 0 radical (unpaired) electrons. The molecule has 28 heavy (non-hydrogen) atoms. The zero-order valence-corrected chi connectivity index (χ0v) is 16.2. The monoisotopic (exact) mass is 386 g/mol. The maximum atomic E-state index is 11.6. The molecule has 0 aliphatic rings. The Morgan fingerprint density at radius 3 is 2.64 bits per heavy atom. The van der Waals surface area contributed by atoms with Gasteiger partial charge in [0.25, 0.3) is 0 Å². The average molecular weight is 386 g/mol. The van der Waals surface area contributed by atoms with Crippen molar-refractivity contribution in [3.8, 4) is 5.75 Å². The van der Waals surface area contributed by atoms with E-state index < -0.39 is 5.63 Å². The van der Waals surface area contributed by atoms with Crippen molar-refractivity contribution in [1.82, 2.24) is 0 Å². The lowest BCUT2D eigenvalue weighted by molar-refractivity contribution is -0.143. The molecule has 3 aromatic rings. The number of carbonyl (C=O) groups is 1.